The van der Waals surface area contributed by atoms with Gasteiger partial charge in [-0.15, -0.1) is 12.4 Å². The van der Waals surface area contributed by atoms with Crippen LogP contribution in [0.5, 0.6) is 0 Å². The van der Waals surface area contributed by atoms with E-state index in [0.29, 0.717) is 17.9 Å². The number of amides is 1. The molecule has 4 rings (SSSR count). The van der Waals surface area contributed by atoms with Crippen LogP contribution in [-0.2, 0) is 4.79 Å². The van der Waals surface area contributed by atoms with Gasteiger partial charge in [0.15, 0.2) is 0 Å². The van der Waals surface area contributed by atoms with Crippen LogP contribution in [0.3, 0.4) is 0 Å². The number of benzene rings is 1. The summed E-state index contributed by atoms with van der Waals surface area (Å²) in [6.45, 7) is 1.82. The van der Waals surface area contributed by atoms with Crippen molar-refractivity contribution in [1.29, 1.82) is 0 Å². The van der Waals surface area contributed by atoms with Gasteiger partial charge in [-0.2, -0.15) is 0 Å². The van der Waals surface area contributed by atoms with Crippen LogP contribution in [0, 0.1) is 5.92 Å². The summed E-state index contributed by atoms with van der Waals surface area (Å²) < 4.78 is 0. The van der Waals surface area contributed by atoms with Crippen molar-refractivity contribution in [3.63, 3.8) is 0 Å². The first-order valence-corrected chi connectivity index (χ1v) is 8.91. The number of likely N-dealkylation sites (tertiary alicyclic amines) is 1. The van der Waals surface area contributed by atoms with E-state index in [1.54, 1.807) is 0 Å². The molecule has 3 nitrogen and oxygen atoms in total. The van der Waals surface area contributed by atoms with E-state index < -0.39 is 0 Å². The smallest absolute Gasteiger partial charge is 0.239 e. The zero-order valence-electron chi connectivity index (χ0n) is 13.6. The van der Waals surface area contributed by atoms with Crippen molar-refractivity contribution in [2.75, 3.05) is 13.1 Å². The van der Waals surface area contributed by atoms with Crippen molar-refractivity contribution in [3.05, 3.63) is 35.9 Å². The van der Waals surface area contributed by atoms with E-state index in [1.165, 1.54) is 31.2 Å². The highest BCUT2D eigenvalue weighted by Gasteiger charge is 2.41. The Morgan fingerprint density at radius 2 is 1.87 bits per heavy atom. The van der Waals surface area contributed by atoms with Gasteiger partial charge in [0.2, 0.25) is 5.91 Å². The second kappa shape index (κ2) is 7.23. The van der Waals surface area contributed by atoms with Gasteiger partial charge in [-0.05, 0) is 37.2 Å². The van der Waals surface area contributed by atoms with Crippen molar-refractivity contribution < 1.29 is 4.79 Å². The molecule has 23 heavy (non-hydrogen) atoms. The van der Waals surface area contributed by atoms with Crippen LogP contribution in [0.1, 0.15) is 50.0 Å². The van der Waals surface area contributed by atoms with Crippen LogP contribution < -0.4 is 5.32 Å². The molecule has 2 saturated heterocycles. The third kappa shape index (κ3) is 3.41. The number of nitrogens with one attached hydrogen (secondary N) is 1. The quantitative estimate of drug-likeness (QED) is 0.899. The number of hydrogen-bond donors (Lipinski definition) is 1. The molecule has 0 bridgehead atoms. The van der Waals surface area contributed by atoms with Crippen molar-refractivity contribution in [2.24, 2.45) is 5.92 Å². The van der Waals surface area contributed by atoms with E-state index in [0.717, 1.165) is 31.8 Å². The molecule has 1 N–H and O–H groups in total. The van der Waals surface area contributed by atoms with Crippen molar-refractivity contribution >= 4 is 18.3 Å². The Morgan fingerprint density at radius 3 is 2.65 bits per heavy atom. The van der Waals surface area contributed by atoms with Gasteiger partial charge in [0, 0.05) is 25.0 Å². The summed E-state index contributed by atoms with van der Waals surface area (Å²) in [5, 5.41) is 3.63. The molecule has 4 unspecified atom stereocenters. The van der Waals surface area contributed by atoms with Crippen LogP contribution in [0.15, 0.2) is 30.3 Å². The van der Waals surface area contributed by atoms with E-state index in [-0.39, 0.29) is 18.4 Å². The van der Waals surface area contributed by atoms with Gasteiger partial charge in [0.1, 0.15) is 0 Å². The maximum absolute atomic E-state index is 12.8. The highest BCUT2D eigenvalue weighted by Crippen LogP contribution is 2.35. The fourth-order valence-corrected chi connectivity index (χ4v) is 4.69. The standard InChI is InChI=1S/C19H26N2O.ClH/c22-19(18-12-15-8-4-5-9-17(15)20-18)21-11-10-16(13-21)14-6-2-1-3-7-14;/h1-3,6-7,15-18,20H,4-5,8-13H2;1H. The van der Waals surface area contributed by atoms with Crippen LogP contribution >= 0.6 is 12.4 Å². The third-order valence-electron chi connectivity index (χ3n) is 5.93. The van der Waals surface area contributed by atoms with E-state index >= 15 is 0 Å². The largest absolute Gasteiger partial charge is 0.341 e. The Labute approximate surface area is 145 Å². The molecule has 0 spiro atoms. The molecule has 2 aliphatic heterocycles. The molecular formula is C19H27ClN2O. The molecule has 1 amide bonds. The zero-order valence-corrected chi connectivity index (χ0v) is 14.4. The molecule has 3 aliphatic rings. The molecule has 1 saturated carbocycles. The van der Waals surface area contributed by atoms with Gasteiger partial charge in [-0.25, -0.2) is 0 Å². The minimum absolute atomic E-state index is 0. The fourth-order valence-electron chi connectivity index (χ4n) is 4.69. The lowest BCUT2D eigenvalue weighted by atomic mass is 9.85. The fraction of sp³-hybridized carbons (Fsp3) is 0.632. The first kappa shape index (κ1) is 16.8. The van der Waals surface area contributed by atoms with Crippen LogP contribution in [0.4, 0.5) is 0 Å². The Hall–Kier alpha value is -1.06. The molecule has 126 valence electrons. The average Bonchev–Trinajstić information content (AvgIpc) is 3.22. The predicted octanol–water partition coefficient (Wildman–Crippen LogP) is 3.35. The minimum Gasteiger partial charge on any atom is -0.341 e. The topological polar surface area (TPSA) is 32.3 Å². The SMILES string of the molecule is Cl.O=C(C1CC2CCCCC2N1)N1CCC(c2ccccc2)C1. The van der Waals surface area contributed by atoms with Crippen molar-refractivity contribution in [3.8, 4) is 0 Å². The summed E-state index contributed by atoms with van der Waals surface area (Å²) in [7, 11) is 0. The monoisotopic (exact) mass is 334 g/mol. The summed E-state index contributed by atoms with van der Waals surface area (Å²) >= 11 is 0. The molecule has 0 radical (unpaired) electrons. The molecule has 0 aromatic heterocycles. The predicted molar refractivity (Wildman–Crippen MR) is 94.9 cm³/mol. The van der Waals surface area contributed by atoms with Crippen LogP contribution in [-0.4, -0.2) is 36.0 Å². The van der Waals surface area contributed by atoms with Gasteiger partial charge < -0.3 is 10.2 Å². The molecular weight excluding hydrogens is 308 g/mol. The molecule has 1 aromatic rings. The lowest BCUT2D eigenvalue weighted by Crippen LogP contribution is -2.44. The van der Waals surface area contributed by atoms with Gasteiger partial charge in [-0.1, -0.05) is 43.2 Å². The van der Waals surface area contributed by atoms with E-state index in [1.807, 2.05) is 0 Å². The number of carbonyl (C=O) groups is 1. The number of halogens is 1. The number of fused-ring (bicyclic) bond motifs is 1. The van der Waals surface area contributed by atoms with E-state index in [2.05, 4.69) is 40.5 Å². The van der Waals surface area contributed by atoms with Crippen LogP contribution in [0.25, 0.3) is 0 Å². The van der Waals surface area contributed by atoms with Gasteiger partial charge in [0.05, 0.1) is 6.04 Å². The maximum Gasteiger partial charge on any atom is 0.239 e. The Kier molecular flexibility index (Phi) is 5.27. The Balaban J connectivity index is 0.00000156. The molecule has 1 aromatic carbocycles. The van der Waals surface area contributed by atoms with Crippen molar-refractivity contribution in [1.82, 2.24) is 10.2 Å². The number of hydrogen-bond acceptors (Lipinski definition) is 2. The summed E-state index contributed by atoms with van der Waals surface area (Å²) in [5.74, 6) is 1.62. The molecule has 1 aliphatic carbocycles. The van der Waals surface area contributed by atoms with E-state index in [9.17, 15) is 4.79 Å². The lowest BCUT2D eigenvalue weighted by Gasteiger charge is -2.24. The summed E-state index contributed by atoms with van der Waals surface area (Å²) in [6, 6.07) is 11.3. The minimum atomic E-state index is 0. The second-order valence-electron chi connectivity index (χ2n) is 7.29. The Morgan fingerprint density at radius 1 is 1.09 bits per heavy atom. The summed E-state index contributed by atoms with van der Waals surface area (Å²) in [6.07, 6.45) is 7.43. The van der Waals surface area contributed by atoms with Gasteiger partial charge >= 0.3 is 0 Å². The Bertz CT molecular complexity index is 521. The summed E-state index contributed by atoms with van der Waals surface area (Å²) in [5.41, 5.74) is 1.38. The molecule has 3 fully saturated rings. The highest BCUT2D eigenvalue weighted by atomic mass is 35.5. The molecule has 2 heterocycles. The first-order chi connectivity index (χ1) is 10.8. The second-order valence-corrected chi connectivity index (χ2v) is 7.29. The van der Waals surface area contributed by atoms with Crippen molar-refractivity contribution in [2.45, 2.75) is 56.5 Å². The number of carbonyl (C=O) groups excluding carboxylic acids is 1. The van der Waals surface area contributed by atoms with Crippen LogP contribution in [0.2, 0.25) is 0 Å². The third-order valence-corrected chi connectivity index (χ3v) is 5.93. The number of nitrogens with zero attached hydrogens (tertiary/aromatic N) is 1. The first-order valence-electron chi connectivity index (χ1n) is 8.91. The van der Waals surface area contributed by atoms with Gasteiger partial charge in [-0.3, -0.25) is 4.79 Å². The average molecular weight is 335 g/mol. The van der Waals surface area contributed by atoms with Gasteiger partial charge in [0.25, 0.3) is 0 Å². The number of rotatable bonds is 2. The highest BCUT2D eigenvalue weighted by molar-refractivity contribution is 5.85. The molecule has 4 heteroatoms. The zero-order chi connectivity index (χ0) is 14.9. The van der Waals surface area contributed by atoms with E-state index in [4.69, 9.17) is 0 Å². The normalized spacial score (nSPS) is 33.1. The maximum atomic E-state index is 12.8. The summed E-state index contributed by atoms with van der Waals surface area (Å²) in [4.78, 5) is 14.9. The molecule has 4 atom stereocenters. The lowest BCUT2D eigenvalue weighted by molar-refractivity contribution is -0.132.